The number of anilines is 2. The van der Waals surface area contributed by atoms with Crippen LogP contribution in [0.3, 0.4) is 0 Å². The van der Waals surface area contributed by atoms with E-state index < -0.39 is 0 Å². The van der Waals surface area contributed by atoms with Crippen LogP contribution in [0.15, 0.2) is 5.18 Å². The molecule has 1 aromatic rings. The molecule has 1 aromatic heterocycles. The van der Waals surface area contributed by atoms with Crippen molar-refractivity contribution in [2.45, 2.75) is 12.8 Å². The summed E-state index contributed by atoms with van der Waals surface area (Å²) in [7, 11) is 0. The maximum atomic E-state index is 10.5. The van der Waals surface area contributed by atoms with E-state index in [9.17, 15) is 4.91 Å². The van der Waals surface area contributed by atoms with E-state index in [4.69, 9.17) is 16.2 Å². The van der Waals surface area contributed by atoms with Crippen molar-refractivity contribution in [1.82, 2.24) is 9.97 Å². The molecule has 0 saturated heterocycles. The second-order valence-electron chi connectivity index (χ2n) is 3.47. The molecule has 1 heterocycles. The Morgan fingerprint density at radius 3 is 2.73 bits per heavy atom. The molecule has 80 valence electrons. The van der Waals surface area contributed by atoms with Gasteiger partial charge < -0.3 is 16.2 Å². The van der Waals surface area contributed by atoms with Crippen LogP contribution in [-0.4, -0.2) is 16.6 Å². The molecule has 7 nitrogen and oxygen atoms in total. The van der Waals surface area contributed by atoms with Gasteiger partial charge in [0.2, 0.25) is 11.6 Å². The van der Waals surface area contributed by atoms with Gasteiger partial charge in [-0.2, -0.15) is 9.97 Å². The third-order valence-electron chi connectivity index (χ3n) is 2.14. The smallest absolute Gasteiger partial charge is 0.250 e. The molecule has 2 rings (SSSR count). The molecular weight excluding hydrogens is 198 g/mol. The molecule has 7 heteroatoms. The summed E-state index contributed by atoms with van der Waals surface area (Å²) >= 11 is 0. The third-order valence-corrected chi connectivity index (χ3v) is 2.14. The Kier molecular flexibility index (Phi) is 2.36. The molecular formula is C8H11N5O2. The van der Waals surface area contributed by atoms with E-state index in [2.05, 4.69) is 15.1 Å². The highest BCUT2D eigenvalue weighted by atomic mass is 16.5. The lowest BCUT2D eigenvalue weighted by Crippen LogP contribution is -2.06. The van der Waals surface area contributed by atoms with Gasteiger partial charge in [0.1, 0.15) is 0 Å². The average Bonchev–Trinajstić information content (AvgIpc) is 2.97. The highest BCUT2D eigenvalue weighted by Gasteiger charge is 2.23. The fraction of sp³-hybridized carbons (Fsp3) is 0.500. The minimum absolute atomic E-state index is 0.0225. The van der Waals surface area contributed by atoms with Crippen LogP contribution in [0.5, 0.6) is 5.88 Å². The minimum atomic E-state index is -0.0788. The van der Waals surface area contributed by atoms with Crippen molar-refractivity contribution >= 4 is 17.5 Å². The molecule has 0 aromatic carbocycles. The Morgan fingerprint density at radius 2 is 2.13 bits per heavy atom. The first kappa shape index (κ1) is 9.63. The number of nitrogen functional groups attached to an aromatic ring is 2. The highest BCUT2D eigenvalue weighted by Crippen LogP contribution is 2.34. The zero-order valence-electron chi connectivity index (χ0n) is 8.01. The van der Waals surface area contributed by atoms with Gasteiger partial charge in [0, 0.05) is 0 Å². The van der Waals surface area contributed by atoms with Gasteiger partial charge >= 0.3 is 0 Å². The Balaban J connectivity index is 2.21. The molecule has 1 aliphatic carbocycles. The Hall–Kier alpha value is -1.92. The molecule has 1 fully saturated rings. The van der Waals surface area contributed by atoms with Crippen molar-refractivity contribution in [1.29, 1.82) is 0 Å². The standard InChI is InChI=1S/C8H11N5O2/c9-6-5(13-14)7(12-8(10)11-6)15-3-4-1-2-4/h4H,1-3H2,(H4,9,10,11,12). The molecule has 15 heavy (non-hydrogen) atoms. The zero-order chi connectivity index (χ0) is 10.8. The van der Waals surface area contributed by atoms with Crippen LogP contribution < -0.4 is 16.2 Å². The van der Waals surface area contributed by atoms with E-state index >= 15 is 0 Å². The van der Waals surface area contributed by atoms with Gasteiger partial charge in [-0.1, -0.05) is 0 Å². The van der Waals surface area contributed by atoms with E-state index in [1.165, 1.54) is 0 Å². The van der Waals surface area contributed by atoms with Crippen LogP contribution in [0.1, 0.15) is 12.8 Å². The Morgan fingerprint density at radius 1 is 1.40 bits per heavy atom. The van der Waals surface area contributed by atoms with Gasteiger partial charge in [0.05, 0.1) is 6.61 Å². The van der Waals surface area contributed by atoms with Crippen molar-refractivity contribution in [2.75, 3.05) is 18.1 Å². The molecule has 0 atom stereocenters. The number of aromatic nitrogens is 2. The molecule has 0 aliphatic heterocycles. The first-order chi connectivity index (χ1) is 7.20. The van der Waals surface area contributed by atoms with Gasteiger partial charge in [0.25, 0.3) is 5.88 Å². The molecule has 1 saturated carbocycles. The zero-order valence-corrected chi connectivity index (χ0v) is 8.01. The summed E-state index contributed by atoms with van der Waals surface area (Å²) in [5.74, 6) is 0.540. The third kappa shape index (κ3) is 2.12. The summed E-state index contributed by atoms with van der Waals surface area (Å²) in [5, 5.41) is 2.73. The normalized spacial score (nSPS) is 14.9. The van der Waals surface area contributed by atoms with Crippen LogP contribution >= 0.6 is 0 Å². The molecule has 0 unspecified atom stereocenters. The summed E-state index contributed by atoms with van der Waals surface area (Å²) in [6.45, 7) is 0.512. The second-order valence-corrected chi connectivity index (χ2v) is 3.47. The number of nitrogens with two attached hydrogens (primary N) is 2. The highest BCUT2D eigenvalue weighted by molar-refractivity contribution is 5.65. The second kappa shape index (κ2) is 3.68. The van der Waals surface area contributed by atoms with E-state index in [0.29, 0.717) is 12.5 Å². The monoisotopic (exact) mass is 209 g/mol. The van der Waals surface area contributed by atoms with E-state index in [-0.39, 0.29) is 23.3 Å². The lowest BCUT2D eigenvalue weighted by Gasteiger charge is -2.07. The number of rotatable bonds is 4. The number of nitrogens with zero attached hydrogens (tertiary/aromatic N) is 3. The summed E-state index contributed by atoms with van der Waals surface area (Å²) < 4.78 is 5.31. The Labute approximate surface area is 85.8 Å². The van der Waals surface area contributed by atoms with Crippen LogP contribution in [-0.2, 0) is 0 Å². The summed E-state index contributed by atoms with van der Waals surface area (Å²) in [5.41, 5.74) is 10.8. The fourth-order valence-electron chi connectivity index (χ4n) is 1.14. The van der Waals surface area contributed by atoms with Gasteiger partial charge in [-0.25, -0.2) is 0 Å². The molecule has 1 aliphatic rings. The van der Waals surface area contributed by atoms with Gasteiger partial charge in [-0.3, -0.25) is 0 Å². The van der Waals surface area contributed by atoms with E-state index in [1.54, 1.807) is 0 Å². The van der Waals surface area contributed by atoms with Crippen molar-refractivity contribution in [2.24, 2.45) is 11.1 Å². The number of ether oxygens (including phenoxy) is 1. The lowest BCUT2D eigenvalue weighted by atomic mass is 10.4. The predicted molar refractivity (Wildman–Crippen MR) is 54.5 cm³/mol. The van der Waals surface area contributed by atoms with E-state index in [0.717, 1.165) is 12.8 Å². The molecule has 0 radical (unpaired) electrons. The topological polar surface area (TPSA) is 116 Å². The number of hydrogen-bond donors (Lipinski definition) is 2. The maximum absolute atomic E-state index is 10.5. The Bertz CT molecular complexity index is 391. The van der Waals surface area contributed by atoms with Gasteiger partial charge in [-0.15, -0.1) is 4.91 Å². The summed E-state index contributed by atoms with van der Waals surface area (Å²) in [6.07, 6.45) is 2.28. The summed E-state index contributed by atoms with van der Waals surface area (Å²) in [6, 6.07) is 0. The first-order valence-electron chi connectivity index (χ1n) is 4.60. The quantitative estimate of drug-likeness (QED) is 0.709. The number of nitroso groups, excluding NO2 is 1. The van der Waals surface area contributed by atoms with Crippen LogP contribution in [0.25, 0.3) is 0 Å². The lowest BCUT2D eigenvalue weighted by molar-refractivity contribution is 0.290. The van der Waals surface area contributed by atoms with Crippen molar-refractivity contribution < 1.29 is 4.74 Å². The average molecular weight is 209 g/mol. The SMILES string of the molecule is Nc1nc(N)c(N=O)c(OCC2CC2)n1. The van der Waals surface area contributed by atoms with Crippen LogP contribution in [0.2, 0.25) is 0 Å². The number of hydrogen-bond acceptors (Lipinski definition) is 7. The van der Waals surface area contributed by atoms with Crippen LogP contribution in [0.4, 0.5) is 17.5 Å². The van der Waals surface area contributed by atoms with Crippen molar-refractivity contribution in [3.63, 3.8) is 0 Å². The first-order valence-corrected chi connectivity index (χ1v) is 4.60. The van der Waals surface area contributed by atoms with Crippen molar-refractivity contribution in [3.05, 3.63) is 4.91 Å². The maximum Gasteiger partial charge on any atom is 0.250 e. The van der Waals surface area contributed by atoms with Gasteiger partial charge in [0.15, 0.2) is 5.82 Å². The van der Waals surface area contributed by atoms with Crippen LogP contribution in [0, 0.1) is 10.8 Å². The molecule has 4 N–H and O–H groups in total. The summed E-state index contributed by atoms with van der Waals surface area (Å²) in [4.78, 5) is 17.9. The molecule has 0 bridgehead atoms. The molecule has 0 amide bonds. The molecule has 0 spiro atoms. The van der Waals surface area contributed by atoms with E-state index in [1.807, 2.05) is 0 Å². The minimum Gasteiger partial charge on any atom is -0.476 e. The van der Waals surface area contributed by atoms with Crippen molar-refractivity contribution in [3.8, 4) is 5.88 Å². The largest absolute Gasteiger partial charge is 0.476 e. The van der Waals surface area contributed by atoms with Gasteiger partial charge in [-0.05, 0) is 23.9 Å². The fourth-order valence-corrected chi connectivity index (χ4v) is 1.14. The predicted octanol–water partition coefficient (Wildman–Crippen LogP) is 0.828.